The fourth-order valence-electron chi connectivity index (χ4n) is 2.55. The number of para-hydroxylation sites is 1. The topological polar surface area (TPSA) is 68.2 Å². The predicted octanol–water partition coefficient (Wildman–Crippen LogP) is 2.32. The zero-order chi connectivity index (χ0) is 15.9. The molecule has 116 valence electrons. The van der Waals surface area contributed by atoms with Crippen LogP contribution in [0.1, 0.15) is 34.6 Å². The molecular formula is C16H18N2O3S. The number of carbonyl (C=O) groups excluding carboxylic acids is 1. The Balaban J connectivity index is 2.00. The standard InChI is InChI=1S/C16H18N2O3S/c1-11-7-8-12(2)18(11)15-6-4-3-5-14(15)16(19)17-22(20,21)13-9-10-13/h3-8,13H,9-10H2,1-2H3,(H,17,19). The Morgan fingerprint density at radius 2 is 1.68 bits per heavy atom. The van der Waals surface area contributed by atoms with Crippen LogP contribution < -0.4 is 4.72 Å². The summed E-state index contributed by atoms with van der Waals surface area (Å²) in [7, 11) is -3.55. The van der Waals surface area contributed by atoms with Gasteiger partial charge in [0.25, 0.3) is 5.91 Å². The number of hydrogen-bond acceptors (Lipinski definition) is 3. The van der Waals surface area contributed by atoms with Crippen molar-refractivity contribution in [1.29, 1.82) is 0 Å². The zero-order valence-corrected chi connectivity index (χ0v) is 13.4. The third-order valence-electron chi connectivity index (χ3n) is 3.86. The summed E-state index contributed by atoms with van der Waals surface area (Å²) in [5.74, 6) is -0.574. The van der Waals surface area contributed by atoms with E-state index in [0.29, 0.717) is 24.1 Å². The summed E-state index contributed by atoms with van der Waals surface area (Å²) >= 11 is 0. The number of carbonyl (C=O) groups is 1. The van der Waals surface area contributed by atoms with Crippen molar-refractivity contribution in [3.05, 3.63) is 53.3 Å². The van der Waals surface area contributed by atoms with E-state index in [1.54, 1.807) is 12.1 Å². The second-order valence-corrected chi connectivity index (χ2v) is 7.61. The number of aryl methyl sites for hydroxylation is 2. The molecule has 0 spiro atoms. The van der Waals surface area contributed by atoms with E-state index in [0.717, 1.165) is 11.4 Å². The van der Waals surface area contributed by atoms with Crippen molar-refractivity contribution in [2.45, 2.75) is 31.9 Å². The third-order valence-corrected chi connectivity index (χ3v) is 5.68. The van der Waals surface area contributed by atoms with Crippen LogP contribution in [0.15, 0.2) is 36.4 Å². The van der Waals surface area contributed by atoms with Gasteiger partial charge < -0.3 is 4.57 Å². The van der Waals surface area contributed by atoms with E-state index in [9.17, 15) is 13.2 Å². The molecule has 1 aliphatic carbocycles. The van der Waals surface area contributed by atoms with Gasteiger partial charge in [-0.05, 0) is 51.0 Å². The lowest BCUT2D eigenvalue weighted by molar-refractivity contribution is 0.0981. The molecular weight excluding hydrogens is 300 g/mol. The van der Waals surface area contributed by atoms with E-state index in [2.05, 4.69) is 4.72 Å². The second-order valence-electron chi connectivity index (χ2n) is 5.64. The van der Waals surface area contributed by atoms with E-state index in [4.69, 9.17) is 0 Å². The summed E-state index contributed by atoms with van der Waals surface area (Å²) in [4.78, 5) is 12.4. The van der Waals surface area contributed by atoms with Gasteiger partial charge in [-0.3, -0.25) is 4.79 Å². The van der Waals surface area contributed by atoms with Gasteiger partial charge in [-0.25, -0.2) is 13.1 Å². The van der Waals surface area contributed by atoms with Crippen molar-refractivity contribution in [2.24, 2.45) is 0 Å². The molecule has 0 bridgehead atoms. The molecule has 0 radical (unpaired) electrons. The van der Waals surface area contributed by atoms with Crippen molar-refractivity contribution < 1.29 is 13.2 Å². The van der Waals surface area contributed by atoms with Crippen LogP contribution >= 0.6 is 0 Å². The number of aromatic nitrogens is 1. The van der Waals surface area contributed by atoms with Crippen molar-refractivity contribution in [3.8, 4) is 5.69 Å². The number of amides is 1. The molecule has 5 nitrogen and oxygen atoms in total. The average Bonchev–Trinajstić information content (AvgIpc) is 3.26. The van der Waals surface area contributed by atoms with Crippen LogP contribution in [0, 0.1) is 13.8 Å². The van der Waals surface area contributed by atoms with Crippen LogP contribution in [-0.4, -0.2) is 24.1 Å². The number of benzene rings is 1. The normalized spacial score (nSPS) is 14.8. The predicted molar refractivity (Wildman–Crippen MR) is 84.7 cm³/mol. The maximum Gasteiger partial charge on any atom is 0.266 e. The quantitative estimate of drug-likeness (QED) is 0.940. The molecule has 1 N–H and O–H groups in total. The third kappa shape index (κ3) is 2.66. The van der Waals surface area contributed by atoms with Gasteiger partial charge in [0.2, 0.25) is 10.0 Å². The molecule has 0 atom stereocenters. The van der Waals surface area contributed by atoms with Crippen molar-refractivity contribution in [1.82, 2.24) is 9.29 Å². The Hall–Kier alpha value is -2.08. The van der Waals surface area contributed by atoms with Crippen molar-refractivity contribution in [2.75, 3.05) is 0 Å². The van der Waals surface area contributed by atoms with Gasteiger partial charge in [0, 0.05) is 11.4 Å². The van der Waals surface area contributed by atoms with E-state index >= 15 is 0 Å². The molecule has 1 aromatic carbocycles. The van der Waals surface area contributed by atoms with Crippen molar-refractivity contribution in [3.63, 3.8) is 0 Å². The molecule has 1 amide bonds. The largest absolute Gasteiger partial charge is 0.318 e. The molecule has 0 saturated heterocycles. The van der Waals surface area contributed by atoms with E-state index in [-0.39, 0.29) is 0 Å². The highest BCUT2D eigenvalue weighted by atomic mass is 32.2. The number of sulfonamides is 1. The van der Waals surface area contributed by atoms with Gasteiger partial charge in [0.05, 0.1) is 16.5 Å². The molecule has 22 heavy (non-hydrogen) atoms. The molecule has 0 aliphatic heterocycles. The highest BCUT2D eigenvalue weighted by Crippen LogP contribution is 2.28. The summed E-state index contributed by atoms with van der Waals surface area (Å²) in [6.45, 7) is 3.89. The Bertz CT molecular complexity index is 813. The molecule has 1 heterocycles. The maximum absolute atomic E-state index is 12.4. The molecule has 3 rings (SSSR count). The van der Waals surface area contributed by atoms with Gasteiger partial charge in [-0.1, -0.05) is 12.1 Å². The number of nitrogens with zero attached hydrogens (tertiary/aromatic N) is 1. The number of hydrogen-bond donors (Lipinski definition) is 1. The first-order chi connectivity index (χ1) is 10.4. The monoisotopic (exact) mass is 318 g/mol. The van der Waals surface area contributed by atoms with E-state index < -0.39 is 21.2 Å². The highest BCUT2D eigenvalue weighted by molar-refractivity contribution is 7.91. The zero-order valence-electron chi connectivity index (χ0n) is 12.5. The first kappa shape index (κ1) is 14.8. The highest BCUT2D eigenvalue weighted by Gasteiger charge is 2.37. The Morgan fingerprint density at radius 3 is 2.27 bits per heavy atom. The van der Waals surface area contributed by atoms with Gasteiger partial charge in [-0.15, -0.1) is 0 Å². The van der Waals surface area contributed by atoms with Crippen LogP contribution in [-0.2, 0) is 10.0 Å². The summed E-state index contributed by atoms with van der Waals surface area (Å²) in [6, 6.07) is 11.0. The lowest BCUT2D eigenvalue weighted by Crippen LogP contribution is -2.33. The first-order valence-corrected chi connectivity index (χ1v) is 8.75. The summed E-state index contributed by atoms with van der Waals surface area (Å²) in [5.41, 5.74) is 3.02. The van der Waals surface area contributed by atoms with Crippen LogP contribution in [0.3, 0.4) is 0 Å². The smallest absolute Gasteiger partial charge is 0.266 e. The fraction of sp³-hybridized carbons (Fsp3) is 0.312. The molecule has 6 heteroatoms. The number of nitrogens with one attached hydrogen (secondary N) is 1. The molecule has 1 aromatic heterocycles. The van der Waals surface area contributed by atoms with E-state index in [1.807, 2.05) is 42.7 Å². The minimum absolute atomic E-state index is 0.356. The van der Waals surface area contributed by atoms with Gasteiger partial charge >= 0.3 is 0 Å². The van der Waals surface area contributed by atoms with Crippen LogP contribution in [0.2, 0.25) is 0 Å². The Morgan fingerprint density at radius 1 is 1.09 bits per heavy atom. The SMILES string of the molecule is Cc1ccc(C)n1-c1ccccc1C(=O)NS(=O)(=O)C1CC1. The van der Waals surface area contributed by atoms with Crippen LogP contribution in [0.5, 0.6) is 0 Å². The number of rotatable bonds is 4. The second kappa shape index (κ2) is 5.28. The van der Waals surface area contributed by atoms with Gasteiger partial charge in [0.15, 0.2) is 0 Å². The van der Waals surface area contributed by atoms with Crippen LogP contribution in [0.25, 0.3) is 5.69 Å². The molecule has 1 aliphatic rings. The minimum atomic E-state index is -3.55. The van der Waals surface area contributed by atoms with Gasteiger partial charge in [0.1, 0.15) is 0 Å². The first-order valence-electron chi connectivity index (χ1n) is 7.20. The van der Waals surface area contributed by atoms with Crippen molar-refractivity contribution >= 4 is 15.9 Å². The fourth-order valence-corrected chi connectivity index (χ4v) is 3.85. The average molecular weight is 318 g/mol. The molecule has 1 saturated carbocycles. The minimum Gasteiger partial charge on any atom is -0.318 e. The summed E-state index contributed by atoms with van der Waals surface area (Å²) in [5, 5.41) is -0.418. The maximum atomic E-state index is 12.4. The van der Waals surface area contributed by atoms with E-state index in [1.165, 1.54) is 0 Å². The Kier molecular flexibility index (Phi) is 3.56. The van der Waals surface area contributed by atoms with Crippen LogP contribution in [0.4, 0.5) is 0 Å². The molecule has 1 fully saturated rings. The summed E-state index contributed by atoms with van der Waals surface area (Å²) < 4.78 is 28.1. The molecule has 2 aromatic rings. The summed E-state index contributed by atoms with van der Waals surface area (Å²) in [6.07, 6.45) is 1.25. The lowest BCUT2D eigenvalue weighted by Gasteiger charge is -2.14. The van der Waals surface area contributed by atoms with Gasteiger partial charge in [-0.2, -0.15) is 0 Å². The Labute approximate surface area is 130 Å². The molecule has 0 unspecified atom stereocenters. The lowest BCUT2D eigenvalue weighted by atomic mass is 10.1.